The maximum atomic E-state index is 12.6. The van der Waals surface area contributed by atoms with Crippen molar-refractivity contribution in [3.8, 4) is 5.75 Å². The second-order valence-corrected chi connectivity index (χ2v) is 4.66. The Morgan fingerprint density at radius 1 is 1.00 bits per heavy atom. The first-order valence-corrected chi connectivity index (χ1v) is 6.51. The van der Waals surface area contributed by atoms with Gasteiger partial charge in [0, 0.05) is 6.54 Å². The van der Waals surface area contributed by atoms with Crippen LogP contribution in [0.15, 0.2) is 48.5 Å². The van der Waals surface area contributed by atoms with E-state index in [4.69, 9.17) is 4.74 Å². The van der Waals surface area contributed by atoms with Gasteiger partial charge in [-0.25, -0.2) is 0 Å². The van der Waals surface area contributed by atoms with Crippen molar-refractivity contribution in [2.24, 2.45) is 0 Å². The van der Waals surface area contributed by atoms with Crippen LogP contribution in [-0.2, 0) is 19.3 Å². The zero-order chi connectivity index (χ0) is 15.3. The van der Waals surface area contributed by atoms with Gasteiger partial charge in [-0.3, -0.25) is 0 Å². The van der Waals surface area contributed by atoms with Crippen LogP contribution in [0.1, 0.15) is 16.7 Å². The minimum absolute atomic E-state index is 0.106. The molecule has 1 N–H and O–H groups in total. The van der Waals surface area contributed by atoms with Crippen LogP contribution >= 0.6 is 0 Å². The van der Waals surface area contributed by atoms with Gasteiger partial charge in [0.05, 0.1) is 5.56 Å². The Bertz CT molecular complexity index is 579. The van der Waals surface area contributed by atoms with Crippen molar-refractivity contribution in [2.75, 3.05) is 7.05 Å². The van der Waals surface area contributed by atoms with E-state index in [9.17, 15) is 13.2 Å². The highest BCUT2D eigenvalue weighted by atomic mass is 19.4. The minimum Gasteiger partial charge on any atom is -0.489 e. The molecule has 0 aromatic heterocycles. The lowest BCUT2D eigenvalue weighted by atomic mass is 10.1. The van der Waals surface area contributed by atoms with Gasteiger partial charge < -0.3 is 10.1 Å². The monoisotopic (exact) mass is 295 g/mol. The molecule has 2 nitrogen and oxygen atoms in total. The largest absolute Gasteiger partial charge is 0.489 e. The lowest BCUT2D eigenvalue weighted by Crippen LogP contribution is -2.06. The lowest BCUT2D eigenvalue weighted by Gasteiger charge is -2.10. The van der Waals surface area contributed by atoms with Crippen LogP contribution in [0.5, 0.6) is 5.75 Å². The second kappa shape index (κ2) is 6.63. The molecule has 0 spiro atoms. The Balaban J connectivity index is 1.99. The van der Waals surface area contributed by atoms with Crippen molar-refractivity contribution >= 4 is 0 Å². The zero-order valence-corrected chi connectivity index (χ0v) is 11.6. The molecule has 21 heavy (non-hydrogen) atoms. The first-order chi connectivity index (χ1) is 9.99. The Morgan fingerprint density at radius 2 is 1.71 bits per heavy atom. The predicted molar refractivity (Wildman–Crippen MR) is 75.0 cm³/mol. The summed E-state index contributed by atoms with van der Waals surface area (Å²) >= 11 is 0. The van der Waals surface area contributed by atoms with E-state index in [0.717, 1.165) is 24.2 Å². The van der Waals surface area contributed by atoms with Gasteiger partial charge in [0.15, 0.2) is 0 Å². The van der Waals surface area contributed by atoms with Crippen LogP contribution in [-0.4, -0.2) is 7.05 Å². The maximum absolute atomic E-state index is 12.6. The molecule has 112 valence electrons. The molecule has 0 radical (unpaired) electrons. The van der Waals surface area contributed by atoms with Crippen molar-refractivity contribution in [1.82, 2.24) is 5.32 Å². The van der Waals surface area contributed by atoms with E-state index in [1.165, 1.54) is 6.07 Å². The topological polar surface area (TPSA) is 21.3 Å². The Labute approximate surface area is 121 Å². The highest BCUT2D eigenvalue weighted by Crippen LogP contribution is 2.29. The van der Waals surface area contributed by atoms with E-state index in [-0.39, 0.29) is 6.61 Å². The van der Waals surface area contributed by atoms with Crippen LogP contribution in [0.4, 0.5) is 13.2 Å². The smallest absolute Gasteiger partial charge is 0.416 e. The van der Waals surface area contributed by atoms with Gasteiger partial charge in [-0.15, -0.1) is 0 Å². The van der Waals surface area contributed by atoms with Crippen molar-refractivity contribution in [2.45, 2.75) is 19.3 Å². The van der Waals surface area contributed by atoms with E-state index in [1.807, 2.05) is 19.2 Å². The molecule has 0 aliphatic rings. The van der Waals surface area contributed by atoms with Gasteiger partial charge in [-0.2, -0.15) is 13.2 Å². The quantitative estimate of drug-likeness (QED) is 0.900. The summed E-state index contributed by atoms with van der Waals surface area (Å²) in [5, 5.41) is 3.03. The Hall–Kier alpha value is -2.01. The Kier molecular flexibility index (Phi) is 4.85. The molecule has 0 unspecified atom stereocenters. The molecule has 5 heteroatoms. The van der Waals surface area contributed by atoms with Gasteiger partial charge in [0.25, 0.3) is 0 Å². The number of rotatable bonds is 5. The fourth-order valence-corrected chi connectivity index (χ4v) is 1.91. The van der Waals surface area contributed by atoms with Gasteiger partial charge in [0.1, 0.15) is 12.4 Å². The summed E-state index contributed by atoms with van der Waals surface area (Å²) < 4.78 is 43.3. The first-order valence-electron chi connectivity index (χ1n) is 6.51. The molecule has 0 aliphatic heterocycles. The van der Waals surface area contributed by atoms with Crippen LogP contribution in [0.2, 0.25) is 0 Å². The van der Waals surface area contributed by atoms with Gasteiger partial charge in [0.2, 0.25) is 0 Å². The number of ether oxygens (including phenoxy) is 1. The molecule has 2 aromatic carbocycles. The van der Waals surface area contributed by atoms with Crippen LogP contribution < -0.4 is 10.1 Å². The van der Waals surface area contributed by atoms with Crippen LogP contribution in [0, 0.1) is 0 Å². The van der Waals surface area contributed by atoms with Crippen molar-refractivity contribution < 1.29 is 17.9 Å². The molecular formula is C16H16F3NO. The molecular weight excluding hydrogens is 279 g/mol. The third kappa shape index (κ3) is 4.49. The van der Waals surface area contributed by atoms with E-state index < -0.39 is 11.7 Å². The van der Waals surface area contributed by atoms with E-state index in [2.05, 4.69) is 5.32 Å². The molecule has 0 saturated heterocycles. The third-order valence-electron chi connectivity index (χ3n) is 2.96. The molecule has 0 saturated carbocycles. The van der Waals surface area contributed by atoms with Crippen molar-refractivity contribution in [3.63, 3.8) is 0 Å². The minimum atomic E-state index is -4.33. The average Bonchev–Trinajstić information content (AvgIpc) is 2.46. The summed E-state index contributed by atoms with van der Waals surface area (Å²) in [6, 6.07) is 12.6. The highest BCUT2D eigenvalue weighted by molar-refractivity contribution is 5.29. The fourth-order valence-electron chi connectivity index (χ4n) is 1.91. The molecule has 2 aromatic rings. The summed E-state index contributed by atoms with van der Waals surface area (Å²) in [5.74, 6) is 0.632. The van der Waals surface area contributed by atoms with Gasteiger partial charge in [-0.1, -0.05) is 24.3 Å². The maximum Gasteiger partial charge on any atom is 0.416 e. The standard InChI is InChI=1S/C16H16F3NO/c1-20-10-12-5-7-15(8-6-12)21-11-13-3-2-4-14(9-13)16(17,18)19/h2-9,20H,10-11H2,1H3. The van der Waals surface area contributed by atoms with Gasteiger partial charge in [-0.05, 0) is 42.4 Å². The molecule has 0 bridgehead atoms. The number of hydrogen-bond donors (Lipinski definition) is 1. The fraction of sp³-hybridized carbons (Fsp3) is 0.250. The van der Waals surface area contributed by atoms with Gasteiger partial charge >= 0.3 is 6.18 Å². The summed E-state index contributed by atoms with van der Waals surface area (Å²) in [6.45, 7) is 0.864. The second-order valence-electron chi connectivity index (χ2n) is 4.66. The normalized spacial score (nSPS) is 11.4. The van der Waals surface area contributed by atoms with E-state index in [1.54, 1.807) is 18.2 Å². The number of alkyl halides is 3. The molecule has 0 atom stereocenters. The van der Waals surface area contributed by atoms with E-state index in [0.29, 0.717) is 11.3 Å². The third-order valence-corrected chi connectivity index (χ3v) is 2.96. The number of halogens is 3. The molecule has 0 fully saturated rings. The summed E-state index contributed by atoms with van der Waals surface area (Å²) in [7, 11) is 1.86. The highest BCUT2D eigenvalue weighted by Gasteiger charge is 2.30. The first kappa shape index (κ1) is 15.4. The molecule has 0 amide bonds. The molecule has 0 aliphatic carbocycles. The number of hydrogen-bond acceptors (Lipinski definition) is 2. The van der Waals surface area contributed by atoms with E-state index >= 15 is 0 Å². The average molecular weight is 295 g/mol. The number of benzene rings is 2. The summed E-state index contributed by atoms with van der Waals surface area (Å²) in [5.41, 5.74) is 0.945. The summed E-state index contributed by atoms with van der Waals surface area (Å²) in [4.78, 5) is 0. The Morgan fingerprint density at radius 3 is 2.33 bits per heavy atom. The summed E-state index contributed by atoms with van der Waals surface area (Å²) in [6.07, 6.45) is -4.33. The van der Waals surface area contributed by atoms with Crippen molar-refractivity contribution in [3.05, 3.63) is 65.2 Å². The van der Waals surface area contributed by atoms with Crippen LogP contribution in [0.25, 0.3) is 0 Å². The number of nitrogens with one attached hydrogen (secondary N) is 1. The predicted octanol–water partition coefficient (Wildman–Crippen LogP) is 4.00. The molecule has 2 rings (SSSR count). The molecule has 0 heterocycles. The van der Waals surface area contributed by atoms with Crippen molar-refractivity contribution in [1.29, 1.82) is 0 Å². The zero-order valence-electron chi connectivity index (χ0n) is 11.6. The lowest BCUT2D eigenvalue weighted by molar-refractivity contribution is -0.137. The SMILES string of the molecule is CNCc1ccc(OCc2cccc(C(F)(F)F)c2)cc1. The van der Waals surface area contributed by atoms with Crippen LogP contribution in [0.3, 0.4) is 0 Å².